The van der Waals surface area contributed by atoms with Gasteiger partial charge in [-0.15, -0.1) is 0 Å². The molecule has 0 amide bonds. The second kappa shape index (κ2) is 11.7. The zero-order valence-electron chi connectivity index (χ0n) is 19.7. The maximum Gasteiger partial charge on any atom is 0.228 e. The number of halogens is 1. The highest BCUT2D eigenvalue weighted by atomic mass is 19.1. The Morgan fingerprint density at radius 2 is 1.86 bits per heavy atom. The Labute approximate surface area is 208 Å². The summed E-state index contributed by atoms with van der Waals surface area (Å²) in [6.45, 7) is 1.25. The third-order valence-corrected chi connectivity index (χ3v) is 6.44. The molecule has 6 atom stereocenters. The normalized spacial score (nSPS) is 28.1. The number of ether oxygens (including phenoxy) is 4. The predicted octanol–water partition coefficient (Wildman–Crippen LogP) is 1.03. The number of fused-ring (bicyclic) bond motifs is 2. The van der Waals surface area contributed by atoms with Gasteiger partial charge in [0.15, 0.2) is 0 Å². The first-order valence-electron chi connectivity index (χ1n) is 11.9. The molecule has 2 heterocycles. The highest BCUT2D eigenvalue weighted by Crippen LogP contribution is 2.45. The summed E-state index contributed by atoms with van der Waals surface area (Å²) in [4.78, 5) is 10.2. The molecule has 1 unspecified atom stereocenters. The molecular formula is C26H31FO9. The summed E-state index contributed by atoms with van der Waals surface area (Å²) in [6.07, 6.45) is -4.93. The van der Waals surface area contributed by atoms with Crippen molar-refractivity contribution in [1.82, 2.24) is 0 Å². The summed E-state index contributed by atoms with van der Waals surface area (Å²) in [7, 11) is 0. The Morgan fingerprint density at radius 3 is 2.61 bits per heavy atom. The number of aliphatic hydroxyl groups is 4. The van der Waals surface area contributed by atoms with Gasteiger partial charge in [0.25, 0.3) is 0 Å². The lowest BCUT2D eigenvalue weighted by Gasteiger charge is -2.43. The number of aliphatic hydroxyl groups excluding tert-OH is 4. The van der Waals surface area contributed by atoms with Gasteiger partial charge in [0.1, 0.15) is 48.4 Å². The molecule has 4 rings (SSSR count). The Hall–Kier alpha value is -2.44. The fraction of sp³-hybridized carbons (Fsp3) is 0.500. The highest BCUT2D eigenvalue weighted by Gasteiger charge is 2.62. The number of rotatable bonds is 12. The lowest BCUT2D eigenvalue weighted by Crippen LogP contribution is -2.62. The molecule has 36 heavy (non-hydrogen) atoms. The molecule has 2 aliphatic rings. The minimum Gasteiger partial charge on any atom is -0.494 e. The summed E-state index contributed by atoms with van der Waals surface area (Å²) in [5.41, 5.74) is 1.36. The molecule has 2 bridgehead atoms. The van der Waals surface area contributed by atoms with Crippen molar-refractivity contribution < 1.29 is 48.6 Å². The topological polar surface area (TPSA) is 135 Å². The molecule has 196 valence electrons. The lowest BCUT2D eigenvalue weighted by molar-refractivity contribution is -0.328. The average molecular weight is 507 g/mol. The van der Waals surface area contributed by atoms with E-state index in [9.17, 15) is 29.6 Å². The summed E-state index contributed by atoms with van der Waals surface area (Å²) in [6, 6.07) is 11.2. The summed E-state index contributed by atoms with van der Waals surface area (Å²) in [5.74, 6) is -1.77. The highest BCUT2D eigenvalue weighted by molar-refractivity contribution is 5.49. The average Bonchev–Trinajstić information content (AvgIpc) is 3.32. The van der Waals surface area contributed by atoms with Crippen LogP contribution in [0.3, 0.4) is 0 Å². The van der Waals surface area contributed by atoms with E-state index in [1.54, 1.807) is 12.1 Å². The van der Waals surface area contributed by atoms with Crippen molar-refractivity contribution in [2.45, 2.75) is 55.6 Å². The molecule has 0 radical (unpaired) electrons. The molecular weight excluding hydrogens is 475 g/mol. The molecule has 2 fully saturated rings. The smallest absolute Gasteiger partial charge is 0.228 e. The van der Waals surface area contributed by atoms with Gasteiger partial charge in [0.05, 0.1) is 19.8 Å². The number of carbonyl (C=O) groups excluding carboxylic acids is 1. The van der Waals surface area contributed by atoms with Crippen LogP contribution in [0.25, 0.3) is 0 Å². The molecule has 2 aromatic rings. The Bertz CT molecular complexity index is 1020. The molecule has 4 N–H and O–H groups in total. The standard InChI is InChI=1S/C26H31FO9/c27-20-8-5-17(24(31)26-25(32)23(30)22(29)21(36-26)15-35-26)14-18(20)13-16-3-6-19(7-4-16)34-12-2-11-33-10-1-9-28/h3-9,14,21-25,29-32H,1-2,10-13,15H2/t21-,22+,23-,24?,25+,26-/m0/s1. The van der Waals surface area contributed by atoms with Crippen molar-refractivity contribution in [1.29, 1.82) is 0 Å². The Kier molecular flexibility index (Phi) is 8.68. The van der Waals surface area contributed by atoms with Crippen molar-refractivity contribution >= 4 is 6.29 Å². The first-order chi connectivity index (χ1) is 17.4. The summed E-state index contributed by atoms with van der Waals surface area (Å²) >= 11 is 0. The molecule has 0 spiro atoms. The molecule has 2 aromatic carbocycles. The van der Waals surface area contributed by atoms with Crippen molar-refractivity contribution in [3.05, 3.63) is 65.0 Å². The van der Waals surface area contributed by atoms with Crippen LogP contribution in [0.4, 0.5) is 4.39 Å². The van der Waals surface area contributed by atoms with Crippen LogP contribution in [-0.2, 0) is 25.4 Å². The van der Waals surface area contributed by atoms with Crippen molar-refractivity contribution in [3.63, 3.8) is 0 Å². The quantitative estimate of drug-likeness (QED) is 0.246. The maximum atomic E-state index is 14.6. The van der Waals surface area contributed by atoms with Gasteiger partial charge in [-0.2, -0.15) is 0 Å². The summed E-state index contributed by atoms with van der Waals surface area (Å²) < 4.78 is 36.7. The van der Waals surface area contributed by atoms with Gasteiger partial charge >= 0.3 is 0 Å². The van der Waals surface area contributed by atoms with E-state index in [0.717, 1.165) is 11.8 Å². The number of carbonyl (C=O) groups is 1. The van der Waals surface area contributed by atoms with E-state index >= 15 is 0 Å². The molecule has 10 heteroatoms. The minimum absolute atomic E-state index is 0.109. The number of hydrogen-bond acceptors (Lipinski definition) is 9. The third kappa shape index (κ3) is 5.60. The van der Waals surface area contributed by atoms with Crippen LogP contribution in [0, 0.1) is 5.82 Å². The van der Waals surface area contributed by atoms with E-state index in [4.69, 9.17) is 18.9 Å². The minimum atomic E-state index is -1.96. The zero-order chi connectivity index (χ0) is 25.7. The second-order valence-corrected chi connectivity index (χ2v) is 8.96. The summed E-state index contributed by atoms with van der Waals surface area (Å²) in [5, 5.41) is 41.7. The van der Waals surface area contributed by atoms with E-state index in [1.807, 2.05) is 12.1 Å². The third-order valence-electron chi connectivity index (χ3n) is 6.44. The van der Waals surface area contributed by atoms with Crippen molar-refractivity contribution in [2.75, 3.05) is 26.4 Å². The zero-order valence-corrected chi connectivity index (χ0v) is 19.7. The maximum absolute atomic E-state index is 14.6. The van der Waals surface area contributed by atoms with Gasteiger partial charge in [-0.25, -0.2) is 4.39 Å². The number of benzene rings is 2. The van der Waals surface area contributed by atoms with Crippen molar-refractivity contribution in [3.8, 4) is 5.75 Å². The molecule has 0 aliphatic carbocycles. The van der Waals surface area contributed by atoms with Crippen LogP contribution < -0.4 is 4.74 Å². The predicted molar refractivity (Wildman–Crippen MR) is 124 cm³/mol. The van der Waals surface area contributed by atoms with Gasteiger partial charge in [-0.05, 0) is 41.0 Å². The fourth-order valence-corrected chi connectivity index (χ4v) is 4.43. The van der Waals surface area contributed by atoms with E-state index in [2.05, 4.69) is 0 Å². The van der Waals surface area contributed by atoms with Crippen molar-refractivity contribution in [2.24, 2.45) is 0 Å². The first kappa shape index (κ1) is 26.6. The fourth-order valence-electron chi connectivity index (χ4n) is 4.43. The van der Waals surface area contributed by atoms with E-state index in [0.29, 0.717) is 44.0 Å². The largest absolute Gasteiger partial charge is 0.494 e. The number of aldehydes is 1. The van der Waals surface area contributed by atoms with Gasteiger partial charge in [-0.1, -0.05) is 18.2 Å². The van der Waals surface area contributed by atoms with E-state index < -0.39 is 42.1 Å². The van der Waals surface area contributed by atoms with E-state index in [1.165, 1.54) is 18.2 Å². The molecule has 0 saturated carbocycles. The molecule has 9 nitrogen and oxygen atoms in total. The Morgan fingerprint density at radius 1 is 1.08 bits per heavy atom. The van der Waals surface area contributed by atoms with Crippen LogP contribution in [0.5, 0.6) is 5.75 Å². The Balaban J connectivity index is 1.38. The van der Waals surface area contributed by atoms with Crippen LogP contribution in [0.1, 0.15) is 35.6 Å². The van der Waals surface area contributed by atoms with Gasteiger partial charge in [0, 0.05) is 25.9 Å². The van der Waals surface area contributed by atoms with Crippen LogP contribution in [0.2, 0.25) is 0 Å². The van der Waals surface area contributed by atoms with Gasteiger partial charge < -0.3 is 44.2 Å². The van der Waals surface area contributed by atoms with Crippen LogP contribution >= 0.6 is 0 Å². The second-order valence-electron chi connectivity index (χ2n) is 8.96. The monoisotopic (exact) mass is 506 g/mol. The molecule has 2 saturated heterocycles. The van der Waals surface area contributed by atoms with Crippen LogP contribution in [0.15, 0.2) is 42.5 Å². The van der Waals surface area contributed by atoms with Gasteiger partial charge in [0.2, 0.25) is 5.79 Å². The van der Waals surface area contributed by atoms with E-state index in [-0.39, 0.29) is 18.6 Å². The SMILES string of the molecule is O=CCCOCCCOc1ccc(Cc2cc(C(O)[C@]34OC[C@H](O3)[C@@H](O)[C@H](O)[C@H]4O)ccc2F)cc1. The lowest BCUT2D eigenvalue weighted by atomic mass is 9.87. The van der Waals surface area contributed by atoms with Gasteiger partial charge in [-0.3, -0.25) is 0 Å². The first-order valence-corrected chi connectivity index (χ1v) is 11.9. The molecule has 2 aliphatic heterocycles. The molecule has 0 aromatic heterocycles. The van der Waals surface area contributed by atoms with Crippen LogP contribution in [-0.4, -0.2) is 83.3 Å². The number of hydrogen-bond donors (Lipinski definition) is 4.